The van der Waals surface area contributed by atoms with Crippen molar-refractivity contribution in [3.63, 3.8) is 0 Å². The van der Waals surface area contributed by atoms with Crippen molar-refractivity contribution in [1.29, 1.82) is 0 Å². The molecule has 0 saturated heterocycles. The zero-order valence-corrected chi connectivity index (χ0v) is 26.7. The Bertz CT molecular complexity index is 1150. The van der Waals surface area contributed by atoms with Crippen molar-refractivity contribution in [2.24, 2.45) is 17.1 Å². The van der Waals surface area contributed by atoms with Crippen molar-refractivity contribution in [3.8, 4) is 5.75 Å². The summed E-state index contributed by atoms with van der Waals surface area (Å²) in [6.07, 6.45) is 2.92. The van der Waals surface area contributed by atoms with Gasteiger partial charge in [-0.3, -0.25) is 14.4 Å². The predicted molar refractivity (Wildman–Crippen MR) is 165 cm³/mol. The summed E-state index contributed by atoms with van der Waals surface area (Å²) in [6.45, 7) is 12.9. The molecule has 1 aromatic carbocycles. The van der Waals surface area contributed by atoms with E-state index in [-0.39, 0.29) is 37.3 Å². The standard InChI is InChI=1S/C31H46ClN3O8/c1-19(2)14-26(30(39)40)43-21(4)31(5,6)18-34-29(38)24(16-22-12-13-25(41-7)23(32)15-22)35-27(36)11-9-8-10-20(3)42-28(37)17-33/h9,11-13,15,19-20,24,26H,4,8,10,14,16-18,33H2,1-3,5-7H3,(H,34,38)(H,35,36)(H,39,40)/b11-9+/t20?,24-,26?/m1/s1. The van der Waals surface area contributed by atoms with Gasteiger partial charge in [0, 0.05) is 18.4 Å². The van der Waals surface area contributed by atoms with Crippen molar-refractivity contribution < 1.29 is 38.5 Å². The van der Waals surface area contributed by atoms with Crippen LogP contribution in [0, 0.1) is 11.3 Å². The minimum Gasteiger partial charge on any atom is -0.495 e. The van der Waals surface area contributed by atoms with Crippen LogP contribution in [0.5, 0.6) is 5.75 Å². The summed E-state index contributed by atoms with van der Waals surface area (Å²) in [6, 6.07) is 4.11. The minimum atomic E-state index is -1.09. The second-order valence-corrected chi connectivity index (χ2v) is 11.7. The van der Waals surface area contributed by atoms with E-state index in [0.29, 0.717) is 35.6 Å². The van der Waals surface area contributed by atoms with Crippen LogP contribution in [0.4, 0.5) is 0 Å². The highest BCUT2D eigenvalue weighted by Gasteiger charge is 2.31. The zero-order chi connectivity index (χ0) is 32.7. The molecule has 0 fully saturated rings. The number of rotatable bonds is 19. The maximum atomic E-state index is 13.4. The molecule has 43 heavy (non-hydrogen) atoms. The second-order valence-electron chi connectivity index (χ2n) is 11.3. The van der Waals surface area contributed by atoms with Crippen LogP contribution in [-0.4, -0.2) is 67.3 Å². The lowest BCUT2D eigenvalue weighted by atomic mass is 9.90. The van der Waals surface area contributed by atoms with E-state index in [1.807, 2.05) is 13.8 Å². The molecule has 0 aliphatic rings. The summed E-state index contributed by atoms with van der Waals surface area (Å²) in [7, 11) is 1.49. The smallest absolute Gasteiger partial charge is 0.344 e. The number of aliphatic carboxylic acids is 1. The third-order valence-electron chi connectivity index (χ3n) is 6.50. The van der Waals surface area contributed by atoms with Crippen molar-refractivity contribution in [2.75, 3.05) is 20.2 Å². The number of nitrogens with one attached hydrogen (secondary N) is 2. The molecule has 0 bridgehead atoms. The largest absolute Gasteiger partial charge is 0.495 e. The highest BCUT2D eigenvalue weighted by atomic mass is 35.5. The number of carbonyl (C=O) groups excluding carboxylic acids is 3. The van der Waals surface area contributed by atoms with E-state index in [0.717, 1.165) is 0 Å². The summed E-state index contributed by atoms with van der Waals surface area (Å²) in [4.78, 5) is 49.1. The van der Waals surface area contributed by atoms with E-state index in [4.69, 9.17) is 31.5 Å². The first-order chi connectivity index (χ1) is 20.1. The fraction of sp³-hybridized carbons (Fsp3) is 0.548. The third-order valence-corrected chi connectivity index (χ3v) is 6.80. The summed E-state index contributed by atoms with van der Waals surface area (Å²) < 4.78 is 16.0. The van der Waals surface area contributed by atoms with Gasteiger partial charge in [0.25, 0.3) is 0 Å². The van der Waals surface area contributed by atoms with E-state index in [2.05, 4.69) is 17.2 Å². The van der Waals surface area contributed by atoms with Crippen molar-refractivity contribution in [3.05, 3.63) is 53.3 Å². The predicted octanol–water partition coefficient (Wildman–Crippen LogP) is 3.77. The van der Waals surface area contributed by atoms with Crippen molar-refractivity contribution in [2.45, 2.75) is 78.6 Å². The second kappa shape index (κ2) is 18.2. The molecule has 0 aliphatic heterocycles. The van der Waals surface area contributed by atoms with Crippen LogP contribution in [0.15, 0.2) is 42.7 Å². The Morgan fingerprint density at radius 2 is 1.84 bits per heavy atom. The summed E-state index contributed by atoms with van der Waals surface area (Å²) in [5.41, 5.74) is 5.12. The lowest BCUT2D eigenvalue weighted by Crippen LogP contribution is -2.49. The quantitative estimate of drug-likeness (QED) is 0.102. The highest BCUT2D eigenvalue weighted by molar-refractivity contribution is 6.32. The van der Waals surface area contributed by atoms with Gasteiger partial charge in [-0.2, -0.15) is 0 Å². The molecule has 0 radical (unpaired) electrons. The molecule has 2 amide bonds. The Morgan fingerprint density at radius 3 is 2.40 bits per heavy atom. The number of carboxylic acids is 1. The third kappa shape index (κ3) is 14.0. The van der Waals surface area contributed by atoms with Crippen LogP contribution in [0.25, 0.3) is 0 Å². The molecule has 2 unspecified atom stereocenters. The van der Waals surface area contributed by atoms with E-state index in [9.17, 15) is 24.3 Å². The first-order valence-electron chi connectivity index (χ1n) is 14.1. The topological polar surface area (TPSA) is 166 Å². The lowest BCUT2D eigenvalue weighted by Gasteiger charge is -2.30. The van der Waals surface area contributed by atoms with Crippen LogP contribution in [0.3, 0.4) is 0 Å². The van der Waals surface area contributed by atoms with Crippen LogP contribution < -0.4 is 21.1 Å². The molecule has 0 aromatic heterocycles. The fourth-order valence-electron chi connectivity index (χ4n) is 3.84. The molecular formula is C31H46ClN3O8. The van der Waals surface area contributed by atoms with Gasteiger partial charge in [-0.1, -0.05) is 58.0 Å². The number of ether oxygens (including phenoxy) is 3. The molecule has 5 N–H and O–H groups in total. The van der Waals surface area contributed by atoms with Gasteiger partial charge in [-0.05, 0) is 55.9 Å². The maximum Gasteiger partial charge on any atom is 0.344 e. The molecule has 240 valence electrons. The summed E-state index contributed by atoms with van der Waals surface area (Å²) in [5, 5.41) is 15.5. The molecule has 0 spiro atoms. The average molecular weight is 624 g/mol. The molecule has 3 atom stereocenters. The van der Waals surface area contributed by atoms with Crippen LogP contribution in [0.2, 0.25) is 5.02 Å². The number of methoxy groups -OCH3 is 1. The number of allylic oxidation sites excluding steroid dienone is 1. The van der Waals surface area contributed by atoms with Crippen LogP contribution in [-0.2, 0) is 35.1 Å². The first kappa shape index (κ1) is 37.5. The molecule has 0 saturated carbocycles. The zero-order valence-electron chi connectivity index (χ0n) is 25.9. The normalized spacial score (nSPS) is 13.6. The SMILES string of the molecule is C=C(OC(CC(C)C)C(=O)O)C(C)(C)CNC(=O)[C@@H](Cc1ccc(OC)c(Cl)c1)NC(=O)/C=C/CCC(C)OC(=O)CN. The number of halogens is 1. The Kier molecular flexibility index (Phi) is 15.8. The Morgan fingerprint density at radius 1 is 1.16 bits per heavy atom. The molecule has 1 aromatic rings. The lowest BCUT2D eigenvalue weighted by molar-refractivity contribution is -0.150. The van der Waals surface area contributed by atoms with Gasteiger partial charge in [0.05, 0.1) is 30.5 Å². The Balaban J connectivity index is 2.97. The Hall–Kier alpha value is -3.57. The van der Waals surface area contributed by atoms with Crippen molar-refractivity contribution in [1.82, 2.24) is 10.6 Å². The number of benzene rings is 1. The monoisotopic (exact) mass is 623 g/mol. The van der Waals surface area contributed by atoms with Gasteiger partial charge in [0.2, 0.25) is 11.8 Å². The number of hydrogen-bond acceptors (Lipinski definition) is 8. The van der Waals surface area contributed by atoms with Gasteiger partial charge < -0.3 is 35.7 Å². The fourth-order valence-corrected chi connectivity index (χ4v) is 4.12. The highest BCUT2D eigenvalue weighted by Crippen LogP contribution is 2.28. The minimum absolute atomic E-state index is 0.0731. The molecule has 1 rings (SSSR count). The van der Waals surface area contributed by atoms with E-state index in [1.165, 1.54) is 13.2 Å². The molecular weight excluding hydrogens is 578 g/mol. The first-order valence-corrected chi connectivity index (χ1v) is 14.5. The van der Waals surface area contributed by atoms with Crippen LogP contribution >= 0.6 is 11.6 Å². The number of carboxylic acid groups (broad SMARTS) is 1. The number of hydrogen-bond donors (Lipinski definition) is 4. The van der Waals surface area contributed by atoms with Crippen LogP contribution in [0.1, 0.15) is 59.4 Å². The average Bonchev–Trinajstić information content (AvgIpc) is 2.93. The van der Waals surface area contributed by atoms with Gasteiger partial charge in [-0.25, -0.2) is 4.79 Å². The summed E-state index contributed by atoms with van der Waals surface area (Å²) in [5.74, 6) is -1.75. The number of amides is 2. The maximum absolute atomic E-state index is 13.4. The van der Waals surface area contributed by atoms with E-state index >= 15 is 0 Å². The number of nitrogens with two attached hydrogens (primary N) is 1. The molecule has 0 heterocycles. The number of esters is 1. The van der Waals surface area contributed by atoms with E-state index in [1.54, 1.807) is 45.0 Å². The number of carbonyl (C=O) groups is 4. The summed E-state index contributed by atoms with van der Waals surface area (Å²) >= 11 is 6.27. The van der Waals surface area contributed by atoms with Crippen molar-refractivity contribution >= 4 is 35.4 Å². The van der Waals surface area contributed by atoms with Gasteiger partial charge in [-0.15, -0.1) is 0 Å². The van der Waals surface area contributed by atoms with Gasteiger partial charge in [0.15, 0.2) is 6.10 Å². The molecule has 0 aliphatic carbocycles. The van der Waals surface area contributed by atoms with Gasteiger partial charge >= 0.3 is 11.9 Å². The molecule has 11 nitrogen and oxygen atoms in total. The van der Waals surface area contributed by atoms with E-state index < -0.39 is 41.3 Å². The Labute approximate surface area is 259 Å². The molecule has 12 heteroatoms. The van der Waals surface area contributed by atoms with Gasteiger partial charge in [0.1, 0.15) is 11.8 Å².